The van der Waals surface area contributed by atoms with Gasteiger partial charge in [-0.05, 0) is 30.0 Å². The third kappa shape index (κ3) is 4.04. The normalized spacial score (nSPS) is 25.5. The summed E-state index contributed by atoms with van der Waals surface area (Å²) in [6, 6.07) is 9.82. The molecule has 0 amide bonds. The van der Waals surface area contributed by atoms with E-state index in [-0.39, 0.29) is 0 Å². The van der Waals surface area contributed by atoms with Crippen molar-refractivity contribution in [1.82, 2.24) is 10.2 Å². The van der Waals surface area contributed by atoms with Crippen LogP contribution in [0, 0.1) is 5.41 Å². The van der Waals surface area contributed by atoms with Crippen LogP contribution in [0.5, 0.6) is 0 Å². The molecule has 2 rings (SSSR count). The summed E-state index contributed by atoms with van der Waals surface area (Å²) in [4.78, 5) is 2.63. The first kappa shape index (κ1) is 15.0. The average Bonchev–Trinajstić information content (AvgIpc) is 2.27. The second kappa shape index (κ2) is 5.94. The Morgan fingerprint density at radius 1 is 1.37 bits per heavy atom. The van der Waals surface area contributed by atoms with E-state index >= 15 is 0 Å². The lowest BCUT2D eigenvalue weighted by atomic mass is 9.83. The highest BCUT2D eigenvalue weighted by atomic mass is 79.9. The third-order valence-electron chi connectivity index (χ3n) is 3.88. The minimum atomic E-state index is 0.305. The van der Waals surface area contributed by atoms with Crippen LogP contribution in [-0.2, 0) is 6.54 Å². The lowest BCUT2D eigenvalue weighted by molar-refractivity contribution is 0.0526. The summed E-state index contributed by atoms with van der Waals surface area (Å²) in [7, 11) is 0. The van der Waals surface area contributed by atoms with Crippen LogP contribution in [0.2, 0.25) is 0 Å². The van der Waals surface area contributed by atoms with Gasteiger partial charge in [0.2, 0.25) is 0 Å². The second-order valence-electron chi connectivity index (χ2n) is 6.75. The van der Waals surface area contributed by atoms with E-state index in [2.05, 4.69) is 78.1 Å². The van der Waals surface area contributed by atoms with Crippen molar-refractivity contribution >= 4 is 15.9 Å². The van der Waals surface area contributed by atoms with Gasteiger partial charge in [-0.3, -0.25) is 4.90 Å². The predicted molar refractivity (Wildman–Crippen MR) is 85.3 cm³/mol. The maximum atomic E-state index is 3.61. The number of rotatable bonds is 2. The highest BCUT2D eigenvalue weighted by Crippen LogP contribution is 2.28. The Bertz CT molecular complexity index is 425. The van der Waals surface area contributed by atoms with Gasteiger partial charge < -0.3 is 5.32 Å². The molecule has 2 unspecified atom stereocenters. The number of hydrogen-bond donors (Lipinski definition) is 1. The van der Waals surface area contributed by atoms with Crippen LogP contribution >= 0.6 is 15.9 Å². The Hall–Kier alpha value is -0.380. The molecule has 1 N–H and O–H groups in total. The monoisotopic (exact) mass is 324 g/mol. The van der Waals surface area contributed by atoms with Crippen molar-refractivity contribution in [3.8, 4) is 0 Å². The van der Waals surface area contributed by atoms with Gasteiger partial charge >= 0.3 is 0 Å². The lowest BCUT2D eigenvalue weighted by Crippen LogP contribution is -2.59. The summed E-state index contributed by atoms with van der Waals surface area (Å²) in [5, 5.41) is 3.61. The van der Waals surface area contributed by atoms with Gasteiger partial charge in [0.15, 0.2) is 0 Å². The Kier molecular flexibility index (Phi) is 4.70. The zero-order chi connectivity index (χ0) is 14.0. The topological polar surface area (TPSA) is 15.3 Å². The van der Waals surface area contributed by atoms with Gasteiger partial charge in [-0.25, -0.2) is 0 Å². The van der Waals surface area contributed by atoms with Crippen molar-refractivity contribution in [2.75, 3.05) is 13.1 Å². The van der Waals surface area contributed by atoms with Crippen LogP contribution in [0.1, 0.15) is 33.3 Å². The Morgan fingerprint density at radius 3 is 2.74 bits per heavy atom. The average molecular weight is 325 g/mol. The highest BCUT2D eigenvalue weighted by molar-refractivity contribution is 9.10. The molecule has 0 spiro atoms. The van der Waals surface area contributed by atoms with E-state index in [4.69, 9.17) is 0 Å². The van der Waals surface area contributed by atoms with Gasteiger partial charge in [0, 0.05) is 36.2 Å². The molecule has 0 saturated carbocycles. The van der Waals surface area contributed by atoms with E-state index in [9.17, 15) is 0 Å². The molecule has 2 nitrogen and oxygen atoms in total. The van der Waals surface area contributed by atoms with Gasteiger partial charge in [0.1, 0.15) is 0 Å². The van der Waals surface area contributed by atoms with E-state index in [1.54, 1.807) is 0 Å². The van der Waals surface area contributed by atoms with E-state index in [0.29, 0.717) is 17.5 Å². The zero-order valence-corrected chi connectivity index (χ0v) is 14.0. The van der Waals surface area contributed by atoms with Crippen LogP contribution in [0.3, 0.4) is 0 Å². The van der Waals surface area contributed by atoms with Crippen molar-refractivity contribution in [1.29, 1.82) is 0 Å². The van der Waals surface area contributed by atoms with Gasteiger partial charge in [-0.15, -0.1) is 0 Å². The first-order chi connectivity index (χ1) is 8.86. The standard InChI is InChI=1S/C16H25BrN2/c1-12-10-19(15(9-18-12)16(2,3)4)11-13-6-5-7-14(17)8-13/h5-8,12,15,18H,9-11H2,1-4H3. The molecular formula is C16H25BrN2. The molecule has 19 heavy (non-hydrogen) atoms. The smallest absolute Gasteiger partial charge is 0.0273 e. The predicted octanol–water partition coefficient (Wildman–Crippen LogP) is 3.66. The largest absolute Gasteiger partial charge is 0.311 e. The van der Waals surface area contributed by atoms with Crippen LogP contribution in [0.15, 0.2) is 28.7 Å². The molecule has 1 aliphatic rings. The molecule has 0 aliphatic carbocycles. The van der Waals surface area contributed by atoms with E-state index in [0.717, 1.165) is 19.6 Å². The van der Waals surface area contributed by atoms with Crippen molar-refractivity contribution in [3.05, 3.63) is 34.3 Å². The molecule has 1 fully saturated rings. The fourth-order valence-corrected chi connectivity index (χ4v) is 3.33. The maximum Gasteiger partial charge on any atom is 0.0273 e. The fraction of sp³-hybridized carbons (Fsp3) is 0.625. The Morgan fingerprint density at radius 2 is 2.11 bits per heavy atom. The molecule has 106 valence electrons. The Labute approximate surface area is 125 Å². The maximum absolute atomic E-state index is 3.61. The molecule has 2 atom stereocenters. The van der Waals surface area contributed by atoms with E-state index in [1.807, 2.05) is 0 Å². The zero-order valence-electron chi connectivity index (χ0n) is 12.4. The van der Waals surface area contributed by atoms with Crippen molar-refractivity contribution in [2.24, 2.45) is 5.41 Å². The van der Waals surface area contributed by atoms with Gasteiger partial charge in [-0.2, -0.15) is 0 Å². The SMILES string of the molecule is CC1CN(Cc2cccc(Br)c2)C(C(C)(C)C)CN1. The summed E-state index contributed by atoms with van der Waals surface area (Å²) in [6.45, 7) is 12.5. The Balaban J connectivity index is 2.14. The minimum absolute atomic E-state index is 0.305. The van der Waals surface area contributed by atoms with Crippen molar-refractivity contribution < 1.29 is 0 Å². The molecule has 1 aromatic carbocycles. The molecule has 0 aromatic heterocycles. The summed E-state index contributed by atoms with van der Waals surface area (Å²) in [6.07, 6.45) is 0. The number of piperazine rings is 1. The molecule has 1 saturated heterocycles. The fourth-order valence-electron chi connectivity index (χ4n) is 2.88. The summed E-state index contributed by atoms with van der Waals surface area (Å²) in [5.41, 5.74) is 1.69. The van der Waals surface area contributed by atoms with Crippen LogP contribution in [0.4, 0.5) is 0 Å². The lowest BCUT2D eigenvalue weighted by Gasteiger charge is -2.46. The number of benzene rings is 1. The van der Waals surface area contributed by atoms with Crippen molar-refractivity contribution in [3.63, 3.8) is 0 Å². The van der Waals surface area contributed by atoms with Crippen LogP contribution in [-0.4, -0.2) is 30.1 Å². The first-order valence-electron chi connectivity index (χ1n) is 7.08. The number of nitrogens with one attached hydrogen (secondary N) is 1. The summed E-state index contributed by atoms with van der Waals surface area (Å²) in [5.74, 6) is 0. The molecule has 0 bridgehead atoms. The van der Waals surface area contributed by atoms with Gasteiger partial charge in [0.05, 0.1) is 0 Å². The molecule has 1 aromatic rings. The van der Waals surface area contributed by atoms with E-state index < -0.39 is 0 Å². The number of hydrogen-bond acceptors (Lipinski definition) is 2. The van der Waals surface area contributed by atoms with Crippen molar-refractivity contribution in [2.45, 2.75) is 46.3 Å². The molecule has 1 heterocycles. The number of nitrogens with zero attached hydrogens (tertiary/aromatic N) is 1. The van der Waals surface area contributed by atoms with Crippen LogP contribution < -0.4 is 5.32 Å². The summed E-state index contributed by atoms with van der Waals surface area (Å²) >= 11 is 3.56. The molecular weight excluding hydrogens is 300 g/mol. The summed E-state index contributed by atoms with van der Waals surface area (Å²) < 4.78 is 1.17. The van der Waals surface area contributed by atoms with Gasteiger partial charge in [0.25, 0.3) is 0 Å². The van der Waals surface area contributed by atoms with Gasteiger partial charge in [-0.1, -0.05) is 48.8 Å². The van der Waals surface area contributed by atoms with Crippen LogP contribution in [0.25, 0.3) is 0 Å². The minimum Gasteiger partial charge on any atom is -0.311 e. The highest BCUT2D eigenvalue weighted by Gasteiger charge is 2.34. The second-order valence-corrected chi connectivity index (χ2v) is 7.67. The third-order valence-corrected chi connectivity index (χ3v) is 4.38. The molecule has 0 radical (unpaired) electrons. The quantitative estimate of drug-likeness (QED) is 0.893. The first-order valence-corrected chi connectivity index (χ1v) is 7.87. The number of halogens is 1. The molecule has 1 aliphatic heterocycles. The van der Waals surface area contributed by atoms with E-state index in [1.165, 1.54) is 10.0 Å². The molecule has 3 heteroatoms.